The molecule has 0 aromatic carbocycles. The van der Waals surface area contributed by atoms with Crippen molar-refractivity contribution in [2.45, 2.75) is 70.5 Å². The van der Waals surface area contributed by atoms with Crippen LogP contribution in [0.1, 0.15) is 52.4 Å². The van der Waals surface area contributed by atoms with E-state index < -0.39 is 0 Å². The standard InChI is InChI=1S/C19H31N3O3/c1-3-25-18(24)21-12-19(13-21)10-17(11-19)20-8-6-16(7-9-20)22(14(2)23)15-4-5-15/h15-17H,3-13H2,1-2H3. The van der Waals surface area contributed by atoms with Crippen molar-refractivity contribution in [2.24, 2.45) is 5.41 Å². The van der Waals surface area contributed by atoms with Crippen molar-refractivity contribution in [1.82, 2.24) is 14.7 Å². The molecule has 0 aromatic heterocycles. The molecular formula is C19H31N3O3. The van der Waals surface area contributed by atoms with Crippen molar-refractivity contribution in [3.63, 3.8) is 0 Å². The SMILES string of the molecule is CCOC(=O)N1CC2(CC(N3CCC(N(C(C)=O)C4CC4)CC3)C2)C1. The largest absolute Gasteiger partial charge is 0.450 e. The average molecular weight is 349 g/mol. The van der Waals surface area contributed by atoms with Gasteiger partial charge in [0.25, 0.3) is 0 Å². The predicted octanol–water partition coefficient (Wildman–Crippen LogP) is 2.08. The van der Waals surface area contributed by atoms with Gasteiger partial charge in [-0.05, 0) is 45.4 Å². The minimum absolute atomic E-state index is 0.151. The van der Waals surface area contributed by atoms with Gasteiger partial charge >= 0.3 is 6.09 Å². The number of hydrogen-bond donors (Lipinski definition) is 0. The van der Waals surface area contributed by atoms with E-state index in [2.05, 4.69) is 9.80 Å². The molecule has 4 aliphatic rings. The van der Waals surface area contributed by atoms with Gasteiger partial charge in [-0.25, -0.2) is 4.79 Å². The molecule has 2 amide bonds. The number of likely N-dealkylation sites (tertiary alicyclic amines) is 2. The Bertz CT molecular complexity index is 526. The first-order valence-corrected chi connectivity index (χ1v) is 9.96. The number of nitrogens with zero attached hydrogens (tertiary/aromatic N) is 3. The second kappa shape index (κ2) is 6.45. The van der Waals surface area contributed by atoms with E-state index in [1.165, 1.54) is 25.7 Å². The topological polar surface area (TPSA) is 53.1 Å². The number of carbonyl (C=O) groups excluding carboxylic acids is 2. The van der Waals surface area contributed by atoms with Crippen LogP contribution in [0.3, 0.4) is 0 Å². The van der Waals surface area contributed by atoms with Crippen LogP contribution in [0.4, 0.5) is 4.79 Å². The molecule has 6 heteroatoms. The normalized spacial score (nSPS) is 26.9. The van der Waals surface area contributed by atoms with Crippen molar-refractivity contribution in [1.29, 1.82) is 0 Å². The van der Waals surface area contributed by atoms with E-state index in [0.717, 1.165) is 39.0 Å². The fraction of sp³-hybridized carbons (Fsp3) is 0.895. The van der Waals surface area contributed by atoms with Crippen LogP contribution in [0.25, 0.3) is 0 Å². The second-order valence-electron chi connectivity index (χ2n) is 8.54. The minimum atomic E-state index is -0.151. The highest BCUT2D eigenvalue weighted by molar-refractivity contribution is 5.74. The molecule has 2 saturated carbocycles. The zero-order valence-corrected chi connectivity index (χ0v) is 15.6. The van der Waals surface area contributed by atoms with Gasteiger partial charge in [0.15, 0.2) is 0 Å². The Labute approximate surface area is 150 Å². The summed E-state index contributed by atoms with van der Waals surface area (Å²) in [5.41, 5.74) is 0.369. The van der Waals surface area contributed by atoms with E-state index in [9.17, 15) is 9.59 Å². The summed E-state index contributed by atoms with van der Waals surface area (Å²) in [5, 5.41) is 0. The molecule has 4 fully saturated rings. The van der Waals surface area contributed by atoms with E-state index in [1.807, 2.05) is 11.8 Å². The zero-order chi connectivity index (χ0) is 17.6. The van der Waals surface area contributed by atoms with Gasteiger partial charge in [0, 0.05) is 56.6 Å². The summed E-state index contributed by atoms with van der Waals surface area (Å²) in [7, 11) is 0. The molecule has 4 rings (SSSR count). The molecule has 2 aliphatic carbocycles. The molecule has 0 N–H and O–H groups in total. The summed E-state index contributed by atoms with van der Waals surface area (Å²) >= 11 is 0. The van der Waals surface area contributed by atoms with Crippen LogP contribution in [0.5, 0.6) is 0 Å². The van der Waals surface area contributed by atoms with E-state index >= 15 is 0 Å². The van der Waals surface area contributed by atoms with E-state index in [4.69, 9.17) is 4.74 Å². The van der Waals surface area contributed by atoms with Gasteiger partial charge in [0.05, 0.1) is 6.61 Å². The molecule has 0 atom stereocenters. The van der Waals surface area contributed by atoms with Crippen LogP contribution in [-0.4, -0.2) is 77.6 Å². The summed E-state index contributed by atoms with van der Waals surface area (Å²) in [6.45, 7) is 8.02. The van der Waals surface area contributed by atoms with Crippen molar-refractivity contribution in [3.8, 4) is 0 Å². The lowest BCUT2D eigenvalue weighted by Crippen LogP contribution is -2.68. The van der Waals surface area contributed by atoms with Crippen molar-refractivity contribution in [2.75, 3.05) is 32.8 Å². The maximum absolute atomic E-state index is 11.9. The predicted molar refractivity (Wildman–Crippen MR) is 94.2 cm³/mol. The monoisotopic (exact) mass is 349 g/mol. The first-order valence-electron chi connectivity index (χ1n) is 9.96. The molecule has 2 heterocycles. The highest BCUT2D eigenvalue weighted by atomic mass is 16.6. The number of carbonyl (C=O) groups is 2. The summed E-state index contributed by atoms with van der Waals surface area (Å²) < 4.78 is 5.07. The van der Waals surface area contributed by atoms with Gasteiger partial charge in [-0.15, -0.1) is 0 Å². The maximum atomic E-state index is 11.9. The molecular weight excluding hydrogens is 318 g/mol. The maximum Gasteiger partial charge on any atom is 0.409 e. The van der Waals surface area contributed by atoms with Gasteiger partial charge in [-0.2, -0.15) is 0 Å². The van der Waals surface area contributed by atoms with Gasteiger partial charge in [-0.1, -0.05) is 0 Å². The average Bonchev–Trinajstić information content (AvgIpc) is 3.30. The Morgan fingerprint density at radius 1 is 1.08 bits per heavy atom. The van der Waals surface area contributed by atoms with Crippen LogP contribution >= 0.6 is 0 Å². The van der Waals surface area contributed by atoms with Gasteiger partial charge in [-0.3, -0.25) is 4.79 Å². The highest BCUT2D eigenvalue weighted by Crippen LogP contribution is 2.50. The Morgan fingerprint density at radius 2 is 1.68 bits per heavy atom. The number of rotatable bonds is 4. The smallest absolute Gasteiger partial charge is 0.409 e. The summed E-state index contributed by atoms with van der Waals surface area (Å²) in [5.74, 6) is 0.261. The number of amides is 2. The first-order chi connectivity index (χ1) is 12.0. The van der Waals surface area contributed by atoms with Crippen LogP contribution in [0.15, 0.2) is 0 Å². The van der Waals surface area contributed by atoms with Gasteiger partial charge in [0.2, 0.25) is 5.91 Å². The Morgan fingerprint density at radius 3 is 2.20 bits per heavy atom. The lowest BCUT2D eigenvalue weighted by molar-refractivity contribution is -0.134. The zero-order valence-electron chi connectivity index (χ0n) is 15.6. The van der Waals surface area contributed by atoms with Gasteiger partial charge < -0.3 is 19.4 Å². The van der Waals surface area contributed by atoms with Crippen molar-refractivity contribution >= 4 is 12.0 Å². The summed E-state index contributed by atoms with van der Waals surface area (Å²) in [6.07, 6.45) is 6.91. The Hall–Kier alpha value is -1.30. The minimum Gasteiger partial charge on any atom is -0.450 e. The first kappa shape index (κ1) is 17.1. The number of piperidine rings is 1. The molecule has 1 spiro atoms. The molecule has 25 heavy (non-hydrogen) atoms. The third kappa shape index (κ3) is 3.25. The molecule has 0 unspecified atom stereocenters. The third-order valence-electron chi connectivity index (χ3n) is 6.63. The van der Waals surface area contributed by atoms with Crippen LogP contribution in [0.2, 0.25) is 0 Å². The molecule has 0 radical (unpaired) electrons. The van der Waals surface area contributed by atoms with Gasteiger partial charge in [0.1, 0.15) is 0 Å². The molecule has 140 valence electrons. The summed E-state index contributed by atoms with van der Waals surface area (Å²) in [4.78, 5) is 30.3. The molecule has 2 aliphatic heterocycles. The Balaban J connectivity index is 1.20. The highest BCUT2D eigenvalue weighted by Gasteiger charge is 2.55. The van der Waals surface area contributed by atoms with Crippen molar-refractivity contribution < 1.29 is 14.3 Å². The van der Waals surface area contributed by atoms with Crippen LogP contribution < -0.4 is 0 Å². The number of ether oxygens (including phenoxy) is 1. The third-order valence-corrected chi connectivity index (χ3v) is 6.63. The fourth-order valence-electron chi connectivity index (χ4n) is 5.26. The van der Waals surface area contributed by atoms with Crippen molar-refractivity contribution in [3.05, 3.63) is 0 Å². The van der Waals surface area contributed by atoms with E-state index in [-0.39, 0.29) is 12.0 Å². The second-order valence-corrected chi connectivity index (χ2v) is 8.54. The fourth-order valence-corrected chi connectivity index (χ4v) is 5.26. The van der Waals surface area contributed by atoms with Crippen LogP contribution in [0, 0.1) is 5.41 Å². The Kier molecular flexibility index (Phi) is 4.42. The molecule has 0 bridgehead atoms. The van der Waals surface area contributed by atoms with Crippen LogP contribution in [-0.2, 0) is 9.53 Å². The quantitative estimate of drug-likeness (QED) is 0.780. The van der Waals surface area contributed by atoms with E-state index in [0.29, 0.717) is 30.1 Å². The molecule has 2 saturated heterocycles. The lowest BCUT2D eigenvalue weighted by atomic mass is 9.60. The number of hydrogen-bond acceptors (Lipinski definition) is 4. The molecule has 0 aromatic rings. The lowest BCUT2D eigenvalue weighted by Gasteiger charge is -2.61. The summed E-state index contributed by atoms with van der Waals surface area (Å²) in [6, 6.07) is 1.67. The molecule has 6 nitrogen and oxygen atoms in total. The van der Waals surface area contributed by atoms with E-state index in [1.54, 1.807) is 6.92 Å².